The van der Waals surface area contributed by atoms with Crippen LogP contribution >= 0.6 is 11.6 Å². The topological polar surface area (TPSA) is 55.1 Å². The molecule has 0 aliphatic heterocycles. The maximum absolute atomic E-state index is 13.3. The minimum atomic E-state index is -1.35. The van der Waals surface area contributed by atoms with Crippen molar-refractivity contribution in [3.05, 3.63) is 47.0 Å². The average Bonchev–Trinajstić information content (AvgIpc) is 2.63. The smallest absolute Gasteiger partial charge is 0.340 e. The second-order valence-electron chi connectivity index (χ2n) is 3.04. The molecule has 0 bridgehead atoms. The fraction of sp³-hybridized carbons (Fsp3) is 0. The molecule has 0 radical (unpaired) electrons. The summed E-state index contributed by atoms with van der Waals surface area (Å²) in [5.41, 5.74) is -0.290. The molecule has 0 unspecified atom stereocenters. The van der Waals surface area contributed by atoms with Crippen LogP contribution < -0.4 is 0 Å². The summed E-state index contributed by atoms with van der Waals surface area (Å²) in [6, 6.07) is 3.95. The lowest BCUT2D eigenvalue weighted by molar-refractivity contribution is 0.0691. The van der Waals surface area contributed by atoms with Crippen molar-refractivity contribution in [1.29, 1.82) is 0 Å². The number of hydrogen-bond acceptors (Lipinski definition) is 2. The predicted molar refractivity (Wildman–Crippen MR) is 55.5 cm³/mol. The zero-order valence-electron chi connectivity index (χ0n) is 7.89. The first-order chi connectivity index (χ1) is 7.59. The number of nitrogens with zero attached hydrogens (tertiary/aromatic N) is 2. The fourth-order valence-electron chi connectivity index (χ4n) is 1.35. The molecular weight excluding hydrogens is 235 g/mol. The van der Waals surface area contributed by atoms with Crippen LogP contribution in [0, 0.1) is 5.82 Å². The van der Waals surface area contributed by atoms with Crippen molar-refractivity contribution in [2.24, 2.45) is 0 Å². The minimum absolute atomic E-state index is 0.138. The highest BCUT2D eigenvalue weighted by Crippen LogP contribution is 2.19. The lowest BCUT2D eigenvalue weighted by atomic mass is 10.1. The number of rotatable bonds is 2. The van der Waals surface area contributed by atoms with Crippen LogP contribution in [0.2, 0.25) is 5.02 Å². The number of hydrogen-bond donors (Lipinski definition) is 1. The number of carboxylic acids is 1. The SMILES string of the molecule is O=C(O)c1c(F)cccc1-n1cc(Cl)cn1. The monoisotopic (exact) mass is 240 g/mol. The molecule has 2 rings (SSSR count). The van der Waals surface area contributed by atoms with Crippen LogP contribution in [0.3, 0.4) is 0 Å². The molecule has 0 atom stereocenters. The van der Waals surface area contributed by atoms with Crippen LogP contribution in [0.25, 0.3) is 5.69 Å². The Morgan fingerprint density at radius 1 is 1.50 bits per heavy atom. The molecular formula is C10H6ClFN2O2. The van der Waals surface area contributed by atoms with Crippen LogP contribution in [0.1, 0.15) is 10.4 Å². The van der Waals surface area contributed by atoms with Crippen molar-refractivity contribution < 1.29 is 14.3 Å². The van der Waals surface area contributed by atoms with Gasteiger partial charge in [-0.25, -0.2) is 13.9 Å². The van der Waals surface area contributed by atoms with Gasteiger partial charge >= 0.3 is 5.97 Å². The van der Waals surface area contributed by atoms with Crippen molar-refractivity contribution in [2.75, 3.05) is 0 Å². The number of aromatic carboxylic acids is 1. The summed E-state index contributed by atoms with van der Waals surface area (Å²) >= 11 is 5.66. The van der Waals surface area contributed by atoms with Crippen LogP contribution in [-0.4, -0.2) is 20.9 Å². The lowest BCUT2D eigenvalue weighted by Crippen LogP contribution is -2.08. The summed E-state index contributed by atoms with van der Waals surface area (Å²) in [5, 5.41) is 13.1. The van der Waals surface area contributed by atoms with Crippen molar-refractivity contribution in [2.45, 2.75) is 0 Å². The first kappa shape index (κ1) is 10.6. The van der Waals surface area contributed by atoms with Gasteiger partial charge in [-0.15, -0.1) is 0 Å². The fourth-order valence-corrected chi connectivity index (χ4v) is 1.48. The summed E-state index contributed by atoms with van der Waals surface area (Å²) in [7, 11) is 0. The van der Waals surface area contributed by atoms with Gasteiger partial charge in [0.05, 0.1) is 16.9 Å². The third kappa shape index (κ3) is 1.77. The molecule has 4 nitrogen and oxygen atoms in total. The minimum Gasteiger partial charge on any atom is -0.478 e. The molecule has 0 saturated carbocycles. The molecule has 1 heterocycles. The van der Waals surface area contributed by atoms with Gasteiger partial charge in [-0.3, -0.25) is 0 Å². The highest BCUT2D eigenvalue weighted by Gasteiger charge is 2.17. The molecule has 82 valence electrons. The lowest BCUT2D eigenvalue weighted by Gasteiger charge is -2.06. The second kappa shape index (κ2) is 3.94. The second-order valence-corrected chi connectivity index (χ2v) is 3.48. The Kier molecular flexibility index (Phi) is 2.62. The normalized spacial score (nSPS) is 10.4. The highest BCUT2D eigenvalue weighted by atomic mass is 35.5. The molecule has 0 saturated heterocycles. The van der Waals surface area contributed by atoms with E-state index in [4.69, 9.17) is 16.7 Å². The number of halogens is 2. The molecule has 0 fully saturated rings. The number of benzene rings is 1. The molecule has 0 aliphatic carbocycles. The maximum Gasteiger partial charge on any atom is 0.340 e. The first-order valence-corrected chi connectivity index (χ1v) is 4.70. The van der Waals surface area contributed by atoms with E-state index in [1.54, 1.807) is 0 Å². The van der Waals surface area contributed by atoms with Gasteiger partial charge in [0.2, 0.25) is 0 Å². The van der Waals surface area contributed by atoms with Crippen molar-refractivity contribution in [3.63, 3.8) is 0 Å². The molecule has 0 spiro atoms. The van der Waals surface area contributed by atoms with E-state index in [9.17, 15) is 9.18 Å². The van der Waals surface area contributed by atoms with E-state index in [-0.39, 0.29) is 5.69 Å². The summed E-state index contributed by atoms with van der Waals surface area (Å²) in [6.45, 7) is 0. The Labute approximate surface area is 94.9 Å². The number of aromatic nitrogens is 2. The summed E-state index contributed by atoms with van der Waals surface area (Å²) in [5.74, 6) is -2.16. The summed E-state index contributed by atoms with van der Waals surface area (Å²) in [4.78, 5) is 10.9. The number of carbonyl (C=O) groups is 1. The van der Waals surface area contributed by atoms with E-state index in [1.165, 1.54) is 29.2 Å². The van der Waals surface area contributed by atoms with Gasteiger partial charge < -0.3 is 5.11 Å². The third-order valence-electron chi connectivity index (χ3n) is 2.00. The standard InChI is InChI=1S/C10H6ClFN2O2/c11-6-4-13-14(5-6)8-3-1-2-7(12)9(8)10(15)16/h1-5H,(H,15,16). The Hall–Kier alpha value is -1.88. The molecule has 6 heteroatoms. The van der Waals surface area contributed by atoms with Crippen LogP contribution in [0.15, 0.2) is 30.6 Å². The zero-order chi connectivity index (χ0) is 11.7. The Morgan fingerprint density at radius 3 is 2.81 bits per heavy atom. The Balaban J connectivity index is 2.65. The first-order valence-electron chi connectivity index (χ1n) is 4.32. The average molecular weight is 241 g/mol. The van der Waals surface area contributed by atoms with Crippen LogP contribution in [-0.2, 0) is 0 Å². The highest BCUT2D eigenvalue weighted by molar-refractivity contribution is 6.30. The van der Waals surface area contributed by atoms with Gasteiger partial charge in [0.15, 0.2) is 0 Å². The quantitative estimate of drug-likeness (QED) is 0.877. The van der Waals surface area contributed by atoms with Gasteiger partial charge in [-0.1, -0.05) is 17.7 Å². The zero-order valence-corrected chi connectivity index (χ0v) is 8.65. The third-order valence-corrected chi connectivity index (χ3v) is 2.20. The molecule has 2 aromatic rings. The van der Waals surface area contributed by atoms with Gasteiger partial charge in [0, 0.05) is 6.20 Å². The van der Waals surface area contributed by atoms with E-state index in [2.05, 4.69) is 5.10 Å². The van der Waals surface area contributed by atoms with Crippen molar-refractivity contribution in [1.82, 2.24) is 9.78 Å². The van der Waals surface area contributed by atoms with Gasteiger partial charge in [-0.05, 0) is 12.1 Å². The van der Waals surface area contributed by atoms with Crippen molar-refractivity contribution >= 4 is 17.6 Å². The van der Waals surface area contributed by atoms with Crippen molar-refractivity contribution in [3.8, 4) is 5.69 Å². The van der Waals surface area contributed by atoms with Crippen LogP contribution in [0.4, 0.5) is 4.39 Å². The van der Waals surface area contributed by atoms with E-state index in [0.717, 1.165) is 6.07 Å². The van der Waals surface area contributed by atoms with E-state index < -0.39 is 17.3 Å². The van der Waals surface area contributed by atoms with E-state index >= 15 is 0 Å². The maximum atomic E-state index is 13.3. The Morgan fingerprint density at radius 2 is 2.25 bits per heavy atom. The van der Waals surface area contributed by atoms with E-state index in [0.29, 0.717) is 5.02 Å². The largest absolute Gasteiger partial charge is 0.478 e. The number of carboxylic acid groups (broad SMARTS) is 1. The van der Waals surface area contributed by atoms with Gasteiger partial charge in [0.1, 0.15) is 11.4 Å². The molecule has 0 amide bonds. The molecule has 16 heavy (non-hydrogen) atoms. The molecule has 1 N–H and O–H groups in total. The van der Waals surface area contributed by atoms with Gasteiger partial charge in [-0.2, -0.15) is 5.10 Å². The van der Waals surface area contributed by atoms with Crippen LogP contribution in [0.5, 0.6) is 0 Å². The summed E-state index contributed by atoms with van der Waals surface area (Å²) < 4.78 is 14.6. The molecule has 0 aliphatic rings. The van der Waals surface area contributed by atoms with E-state index in [1.807, 2.05) is 0 Å². The molecule has 1 aromatic carbocycles. The Bertz CT molecular complexity index is 554. The van der Waals surface area contributed by atoms with Gasteiger partial charge in [0.25, 0.3) is 0 Å². The summed E-state index contributed by atoms with van der Waals surface area (Å²) in [6.07, 6.45) is 2.75. The predicted octanol–water partition coefficient (Wildman–Crippen LogP) is 2.36. The molecule has 1 aromatic heterocycles.